The van der Waals surface area contributed by atoms with Crippen LogP contribution in [0.4, 0.5) is 0 Å². The summed E-state index contributed by atoms with van der Waals surface area (Å²) in [5.74, 6) is -0.269. The van der Waals surface area contributed by atoms with Gasteiger partial charge in [-0.05, 0) is 54.6 Å². The molecular weight excluding hydrogens is 276 g/mol. The summed E-state index contributed by atoms with van der Waals surface area (Å²) < 4.78 is 24.6. The first-order chi connectivity index (χ1) is 9.45. The molecule has 0 spiro atoms. The van der Waals surface area contributed by atoms with E-state index in [0.717, 1.165) is 0 Å². The highest BCUT2D eigenvalue weighted by Gasteiger charge is 2.17. The molecule has 0 aliphatic heterocycles. The average Bonchev–Trinajstić information content (AvgIpc) is 2.47. The van der Waals surface area contributed by atoms with Gasteiger partial charge in [-0.2, -0.15) is 0 Å². The van der Waals surface area contributed by atoms with Crippen molar-refractivity contribution in [1.29, 1.82) is 0 Å². The highest BCUT2D eigenvalue weighted by molar-refractivity contribution is 7.91. The number of hydrogen-bond donors (Lipinski definition) is 1. The lowest BCUT2D eigenvalue weighted by Gasteiger charge is -2.05. The Balaban J connectivity index is 2.42. The maximum absolute atomic E-state index is 12.3. The van der Waals surface area contributed by atoms with Gasteiger partial charge in [0, 0.05) is 5.56 Å². The van der Waals surface area contributed by atoms with Gasteiger partial charge in [0.15, 0.2) is 5.78 Å². The molecule has 0 amide bonds. The molecule has 0 aromatic heterocycles. The normalized spacial score (nSPS) is 11.0. The highest BCUT2D eigenvalue weighted by atomic mass is 32.2. The van der Waals surface area contributed by atoms with Gasteiger partial charge in [0.25, 0.3) is 0 Å². The van der Waals surface area contributed by atoms with E-state index in [4.69, 9.17) is 0 Å². The van der Waals surface area contributed by atoms with Gasteiger partial charge in [0.1, 0.15) is 5.75 Å². The van der Waals surface area contributed by atoms with Crippen LogP contribution < -0.4 is 0 Å². The second-order valence-electron chi connectivity index (χ2n) is 4.09. The van der Waals surface area contributed by atoms with Crippen molar-refractivity contribution in [1.82, 2.24) is 0 Å². The van der Waals surface area contributed by atoms with Crippen molar-refractivity contribution in [3.63, 3.8) is 0 Å². The van der Waals surface area contributed by atoms with Crippen LogP contribution in [0.1, 0.15) is 10.4 Å². The van der Waals surface area contributed by atoms with E-state index in [0.29, 0.717) is 5.56 Å². The zero-order valence-corrected chi connectivity index (χ0v) is 11.3. The van der Waals surface area contributed by atoms with E-state index < -0.39 is 9.84 Å². The summed E-state index contributed by atoms with van der Waals surface area (Å²) in [6, 6.07) is 10.9. The van der Waals surface area contributed by atoms with Crippen LogP contribution in [0.15, 0.2) is 71.0 Å². The highest BCUT2D eigenvalue weighted by Crippen LogP contribution is 2.23. The molecule has 2 aromatic rings. The third-order valence-electron chi connectivity index (χ3n) is 2.78. The summed E-state index contributed by atoms with van der Waals surface area (Å²) in [4.78, 5) is 11.6. The number of phenols is 1. The maximum Gasteiger partial charge on any atom is 0.206 e. The zero-order chi connectivity index (χ0) is 14.8. The second-order valence-corrected chi connectivity index (χ2v) is 6.04. The number of hydrogen-bond acceptors (Lipinski definition) is 4. The van der Waals surface area contributed by atoms with Crippen molar-refractivity contribution >= 4 is 15.6 Å². The van der Waals surface area contributed by atoms with Crippen LogP contribution in [0.2, 0.25) is 0 Å². The van der Waals surface area contributed by atoms with Crippen molar-refractivity contribution in [2.75, 3.05) is 0 Å². The fraction of sp³-hybridized carbons (Fsp3) is 0. The summed E-state index contributed by atoms with van der Waals surface area (Å²) in [6.45, 7) is 3.37. The lowest BCUT2D eigenvalue weighted by Crippen LogP contribution is -2.02. The summed E-state index contributed by atoms with van der Waals surface area (Å²) in [5.41, 5.74) is 0.379. The molecule has 0 fully saturated rings. The van der Waals surface area contributed by atoms with E-state index in [2.05, 4.69) is 6.58 Å². The largest absolute Gasteiger partial charge is 0.508 e. The third kappa shape index (κ3) is 2.62. The van der Waals surface area contributed by atoms with E-state index in [-0.39, 0.29) is 21.3 Å². The van der Waals surface area contributed by atoms with Crippen LogP contribution in [0.3, 0.4) is 0 Å². The monoisotopic (exact) mass is 288 g/mol. The van der Waals surface area contributed by atoms with Crippen LogP contribution in [-0.2, 0) is 9.84 Å². The molecule has 0 bridgehead atoms. The van der Waals surface area contributed by atoms with E-state index in [1.165, 1.54) is 54.6 Å². The van der Waals surface area contributed by atoms with Gasteiger partial charge in [0.2, 0.25) is 9.84 Å². The van der Waals surface area contributed by atoms with Gasteiger partial charge in [-0.3, -0.25) is 4.79 Å². The molecule has 4 nitrogen and oxygen atoms in total. The smallest absolute Gasteiger partial charge is 0.206 e. The van der Waals surface area contributed by atoms with E-state index >= 15 is 0 Å². The molecule has 0 saturated heterocycles. The van der Waals surface area contributed by atoms with Crippen molar-refractivity contribution in [2.45, 2.75) is 9.79 Å². The zero-order valence-electron chi connectivity index (χ0n) is 10.5. The maximum atomic E-state index is 12.3. The Kier molecular flexibility index (Phi) is 3.72. The van der Waals surface area contributed by atoms with Crippen molar-refractivity contribution < 1.29 is 18.3 Å². The Bertz CT molecular complexity index is 741. The number of sulfone groups is 1. The Morgan fingerprint density at radius 1 is 0.950 bits per heavy atom. The molecular formula is C15H12O4S. The van der Waals surface area contributed by atoms with Crippen LogP contribution in [0.5, 0.6) is 5.75 Å². The number of ketones is 1. The molecule has 0 saturated carbocycles. The predicted octanol–water partition coefficient (Wildman–Crippen LogP) is 2.59. The Labute approximate surface area is 116 Å². The molecule has 0 radical (unpaired) electrons. The second kappa shape index (κ2) is 5.30. The van der Waals surface area contributed by atoms with Gasteiger partial charge in [-0.15, -0.1) is 0 Å². The fourth-order valence-corrected chi connectivity index (χ4v) is 2.94. The van der Waals surface area contributed by atoms with Crippen LogP contribution >= 0.6 is 0 Å². The minimum Gasteiger partial charge on any atom is -0.508 e. The lowest BCUT2D eigenvalue weighted by atomic mass is 10.1. The van der Waals surface area contributed by atoms with Gasteiger partial charge in [-0.25, -0.2) is 8.42 Å². The van der Waals surface area contributed by atoms with Crippen LogP contribution in [0, 0.1) is 0 Å². The van der Waals surface area contributed by atoms with Crippen molar-refractivity contribution in [3.8, 4) is 5.75 Å². The lowest BCUT2D eigenvalue weighted by molar-refractivity contribution is 0.104. The Morgan fingerprint density at radius 3 is 1.85 bits per heavy atom. The minimum atomic E-state index is -3.65. The van der Waals surface area contributed by atoms with Gasteiger partial charge in [-0.1, -0.05) is 6.58 Å². The molecule has 1 N–H and O–H groups in total. The molecule has 0 heterocycles. The Hall–Kier alpha value is -2.40. The molecule has 102 valence electrons. The molecule has 2 aromatic carbocycles. The number of rotatable bonds is 4. The standard InChI is InChI=1S/C15H12O4S/c1-2-15(17)11-3-7-13(8-4-11)20(18,19)14-9-5-12(16)6-10-14/h2-10,16H,1H2. The van der Waals surface area contributed by atoms with Crippen molar-refractivity contribution in [2.24, 2.45) is 0 Å². The summed E-state index contributed by atoms with van der Waals surface area (Å²) >= 11 is 0. The quantitative estimate of drug-likeness (QED) is 0.693. The van der Waals surface area contributed by atoms with Gasteiger partial charge >= 0.3 is 0 Å². The predicted molar refractivity (Wildman–Crippen MR) is 74.5 cm³/mol. The van der Waals surface area contributed by atoms with E-state index in [1.807, 2.05) is 0 Å². The van der Waals surface area contributed by atoms with E-state index in [9.17, 15) is 18.3 Å². The van der Waals surface area contributed by atoms with E-state index in [1.54, 1.807) is 0 Å². The average molecular weight is 288 g/mol. The third-order valence-corrected chi connectivity index (χ3v) is 4.57. The van der Waals surface area contributed by atoms with Gasteiger partial charge in [0.05, 0.1) is 9.79 Å². The molecule has 0 aliphatic carbocycles. The minimum absolute atomic E-state index is 0.00382. The summed E-state index contributed by atoms with van der Waals surface area (Å²) in [7, 11) is -3.65. The molecule has 0 unspecified atom stereocenters. The fourth-order valence-electron chi connectivity index (χ4n) is 1.68. The Morgan fingerprint density at radius 2 is 1.40 bits per heavy atom. The molecule has 20 heavy (non-hydrogen) atoms. The van der Waals surface area contributed by atoms with Crippen LogP contribution in [-0.4, -0.2) is 19.3 Å². The summed E-state index contributed by atoms with van der Waals surface area (Å²) in [6.07, 6.45) is 1.17. The first-order valence-corrected chi connectivity index (χ1v) is 7.24. The summed E-state index contributed by atoms with van der Waals surface area (Å²) in [5, 5.41) is 9.18. The van der Waals surface area contributed by atoms with Crippen molar-refractivity contribution in [3.05, 3.63) is 66.7 Å². The number of aromatic hydroxyl groups is 1. The number of carbonyl (C=O) groups excluding carboxylic acids is 1. The SMILES string of the molecule is C=CC(=O)c1ccc(S(=O)(=O)c2ccc(O)cc2)cc1. The van der Waals surface area contributed by atoms with Gasteiger partial charge < -0.3 is 5.11 Å². The molecule has 0 aliphatic rings. The number of benzene rings is 2. The first-order valence-electron chi connectivity index (χ1n) is 5.76. The number of phenolic OH excluding ortho intramolecular Hbond substituents is 1. The molecule has 2 rings (SSSR count). The molecule has 0 atom stereocenters. The number of allylic oxidation sites excluding steroid dienone is 1. The molecule has 5 heteroatoms. The first kappa shape index (κ1) is 14.0. The topological polar surface area (TPSA) is 71.4 Å². The number of carbonyl (C=O) groups is 1. The van der Waals surface area contributed by atoms with Crippen LogP contribution in [0.25, 0.3) is 0 Å².